The van der Waals surface area contributed by atoms with Crippen LogP contribution in [0.1, 0.15) is 6.42 Å². The summed E-state index contributed by atoms with van der Waals surface area (Å²) >= 11 is 8.30. The second-order valence-corrected chi connectivity index (χ2v) is 16.1. The average Bonchev–Trinajstić information content (AvgIpc) is 3.68. The van der Waals surface area contributed by atoms with Gasteiger partial charge in [-0.1, -0.05) is 47.9 Å². The lowest BCUT2D eigenvalue weighted by Crippen LogP contribution is -2.32. The number of thiocarbonyl (C=S) groups is 1. The highest BCUT2D eigenvalue weighted by atomic mass is 32.2. The standard InChI is InChI=1S/C26H21FN4O10S6/c1-28-21(37)18(46-26(28)42)25-31(11-17(34)35)22(38)19(45-25)24-30(10-16(32)33)20(36)15(44-24)9-12(27)23-29(7-4-8-47(39,40)41)13-5-2-3-6-14(13)43-23/h2-3,5-6,9H,4,7-8,10-11H2,1H3,(H,32,33)(H,34,35)(H,39,40,41)/b15-9?,23-12-,24-19+,25-18+. The molecule has 2 aromatic heterocycles. The summed E-state index contributed by atoms with van der Waals surface area (Å²) < 4.78 is 48.7. The minimum atomic E-state index is -4.28. The lowest BCUT2D eigenvalue weighted by atomic mass is 10.3. The number of carbonyl (C=O) groups is 3. The average molecular weight is 761 g/mol. The van der Waals surface area contributed by atoms with E-state index in [0.29, 0.717) is 33.3 Å². The van der Waals surface area contributed by atoms with Gasteiger partial charge in [-0.3, -0.25) is 42.6 Å². The third kappa shape index (κ3) is 7.15. The first-order valence-electron chi connectivity index (χ1n) is 13.1. The fraction of sp³-hybridized carbons (Fsp3) is 0.231. The van der Waals surface area contributed by atoms with Crippen molar-refractivity contribution < 1.29 is 42.0 Å². The van der Waals surface area contributed by atoms with E-state index >= 15 is 4.39 Å². The summed E-state index contributed by atoms with van der Waals surface area (Å²) in [6, 6.07) is 6.82. The first-order valence-corrected chi connectivity index (χ1v) is 18.4. The minimum absolute atomic E-state index is 0.00534. The Kier molecular flexibility index (Phi) is 9.97. The zero-order chi connectivity index (χ0) is 34.4. The summed E-state index contributed by atoms with van der Waals surface area (Å²) in [5.41, 5.74) is -1.29. The highest BCUT2D eigenvalue weighted by Crippen LogP contribution is 2.47. The quantitative estimate of drug-likeness (QED) is 0.206. The van der Waals surface area contributed by atoms with Crippen molar-refractivity contribution in [3.63, 3.8) is 0 Å². The van der Waals surface area contributed by atoms with E-state index in [-0.39, 0.29) is 45.6 Å². The van der Waals surface area contributed by atoms with Crippen molar-refractivity contribution in [3.8, 4) is 0 Å². The molecule has 5 rings (SSSR count). The molecule has 0 spiro atoms. The van der Waals surface area contributed by atoms with E-state index in [1.54, 1.807) is 24.3 Å². The number of hydrogen-bond acceptors (Lipinski definition) is 13. The van der Waals surface area contributed by atoms with Gasteiger partial charge >= 0.3 is 11.9 Å². The molecule has 1 fully saturated rings. The highest BCUT2D eigenvalue weighted by Gasteiger charge is 2.32. The van der Waals surface area contributed by atoms with Crippen LogP contribution in [0.25, 0.3) is 11.0 Å². The molecular formula is C26H21FN4O10S6. The maximum absolute atomic E-state index is 16.0. The Morgan fingerprint density at radius 1 is 0.979 bits per heavy atom. The number of thioether (sulfide) groups is 2. The number of amides is 1. The molecule has 0 atom stereocenters. The molecular weight excluding hydrogens is 740 g/mol. The van der Waals surface area contributed by atoms with Crippen LogP contribution in [0.4, 0.5) is 10.1 Å². The van der Waals surface area contributed by atoms with E-state index in [1.807, 2.05) is 0 Å². The number of fused-ring (bicyclic) bond motifs is 1. The molecule has 1 saturated heterocycles. The monoisotopic (exact) mass is 760 g/mol. The third-order valence-corrected chi connectivity index (χ3v) is 12.7. The van der Waals surface area contributed by atoms with Crippen LogP contribution < -0.4 is 25.2 Å². The van der Waals surface area contributed by atoms with Crippen molar-refractivity contribution in [3.05, 3.63) is 74.2 Å². The number of halogens is 1. The maximum atomic E-state index is 16.0. The van der Waals surface area contributed by atoms with Crippen molar-refractivity contribution in [1.82, 2.24) is 14.0 Å². The Hall–Kier alpha value is -3.60. The number of para-hydroxylation sites is 1. The van der Waals surface area contributed by atoms with Gasteiger partial charge in [0.25, 0.3) is 27.1 Å². The van der Waals surface area contributed by atoms with Gasteiger partial charge < -0.3 is 15.1 Å². The molecule has 0 aliphatic carbocycles. The Morgan fingerprint density at radius 3 is 2.21 bits per heavy atom. The van der Waals surface area contributed by atoms with Crippen LogP contribution in [0.3, 0.4) is 0 Å². The van der Waals surface area contributed by atoms with Crippen LogP contribution in [0, 0.1) is 9.20 Å². The highest BCUT2D eigenvalue weighted by molar-refractivity contribution is 8.30. The van der Waals surface area contributed by atoms with Gasteiger partial charge in [0.1, 0.15) is 41.2 Å². The van der Waals surface area contributed by atoms with Crippen molar-refractivity contribution in [2.45, 2.75) is 24.4 Å². The molecule has 3 N–H and O–H groups in total. The molecule has 4 heterocycles. The molecule has 0 bridgehead atoms. The predicted octanol–water partition coefficient (Wildman–Crippen LogP) is 0.997. The van der Waals surface area contributed by atoms with Gasteiger partial charge in [0.15, 0.2) is 5.83 Å². The fourth-order valence-corrected chi connectivity index (χ4v) is 9.82. The van der Waals surface area contributed by atoms with Gasteiger partial charge in [-0.05, 0) is 24.6 Å². The number of aromatic nitrogens is 2. The maximum Gasteiger partial charge on any atom is 0.323 e. The Bertz CT molecular complexity index is 2360. The van der Waals surface area contributed by atoms with Gasteiger partial charge in [-0.15, -0.1) is 22.7 Å². The summed E-state index contributed by atoms with van der Waals surface area (Å²) in [5.74, 6) is -4.93. The number of carbonyl (C=O) groups excluding carboxylic acids is 1. The van der Waals surface area contributed by atoms with Gasteiger partial charge in [0, 0.05) is 18.5 Å². The molecule has 0 radical (unpaired) electrons. The molecule has 14 nitrogen and oxygen atoms in total. The SMILES string of the molecule is CN1C(=O)/C(=c2\s/c(=c3/sc(=C/C(F)=C4/Sc5ccccc5N4CCCS(=O)(=O)O)c(=O)n3CC(=O)O)c(=O)n2CC(=O)O)SC1=S. The fourth-order valence-electron chi connectivity index (χ4n) is 4.55. The zero-order valence-corrected chi connectivity index (χ0v) is 28.6. The Morgan fingerprint density at radius 2 is 1.62 bits per heavy atom. The summed E-state index contributed by atoms with van der Waals surface area (Å²) in [5, 5.41) is 19.1. The normalized spacial score (nSPS) is 18.3. The zero-order valence-electron chi connectivity index (χ0n) is 23.7. The number of aliphatic carboxylic acids is 2. The lowest BCUT2D eigenvalue weighted by Gasteiger charge is -2.20. The van der Waals surface area contributed by atoms with E-state index < -0.39 is 63.8 Å². The van der Waals surface area contributed by atoms with Crippen LogP contribution in [-0.2, 0) is 37.6 Å². The van der Waals surface area contributed by atoms with E-state index in [2.05, 4.69) is 0 Å². The van der Waals surface area contributed by atoms with Crippen molar-refractivity contribution in [2.24, 2.45) is 0 Å². The van der Waals surface area contributed by atoms with Crippen molar-refractivity contribution in [2.75, 3.05) is 24.2 Å². The number of hydrogen-bond donors (Lipinski definition) is 3. The van der Waals surface area contributed by atoms with E-state index in [9.17, 15) is 42.6 Å². The van der Waals surface area contributed by atoms with E-state index in [1.165, 1.54) is 11.9 Å². The lowest BCUT2D eigenvalue weighted by molar-refractivity contribution is -0.138. The van der Waals surface area contributed by atoms with E-state index in [0.717, 1.165) is 43.6 Å². The molecule has 21 heteroatoms. The smallest absolute Gasteiger partial charge is 0.323 e. The van der Waals surface area contributed by atoms with Gasteiger partial charge in [0.2, 0.25) is 0 Å². The molecule has 2 aliphatic rings. The van der Waals surface area contributed by atoms with Gasteiger partial charge in [0.05, 0.1) is 16.0 Å². The van der Waals surface area contributed by atoms with Crippen LogP contribution in [-0.4, -0.2) is 78.7 Å². The topological polar surface area (TPSA) is 197 Å². The largest absolute Gasteiger partial charge is 0.480 e. The summed E-state index contributed by atoms with van der Waals surface area (Å²) in [6.45, 7) is -1.77. The number of carboxylic acid groups (broad SMARTS) is 2. The van der Waals surface area contributed by atoms with Gasteiger partial charge in [-0.2, -0.15) is 8.42 Å². The number of nitrogens with zero attached hydrogens (tertiary/aromatic N) is 4. The second kappa shape index (κ2) is 13.5. The number of allylic oxidation sites excluding steroid dienone is 1. The van der Waals surface area contributed by atoms with Crippen LogP contribution in [0.2, 0.25) is 0 Å². The number of carboxylic acids is 2. The summed E-state index contributed by atoms with van der Waals surface area (Å²) in [6.07, 6.45) is 0.824. The first kappa shape index (κ1) is 34.7. The molecule has 248 valence electrons. The molecule has 1 amide bonds. The number of benzene rings is 1. The van der Waals surface area contributed by atoms with Gasteiger partial charge in [-0.25, -0.2) is 4.39 Å². The number of rotatable bonds is 9. The Balaban J connectivity index is 1.76. The van der Waals surface area contributed by atoms with Crippen LogP contribution in [0.15, 0.2) is 49.6 Å². The minimum Gasteiger partial charge on any atom is -0.480 e. The summed E-state index contributed by atoms with van der Waals surface area (Å²) in [4.78, 5) is 66.6. The van der Waals surface area contributed by atoms with Crippen LogP contribution >= 0.6 is 58.4 Å². The van der Waals surface area contributed by atoms with Crippen molar-refractivity contribution >= 4 is 107 Å². The molecule has 47 heavy (non-hydrogen) atoms. The molecule has 3 aromatic rings. The molecule has 2 aliphatic heterocycles. The van der Waals surface area contributed by atoms with Crippen LogP contribution in [0.5, 0.6) is 0 Å². The third-order valence-electron chi connectivity index (χ3n) is 6.58. The second-order valence-electron chi connectivity index (χ2n) is 9.80. The molecule has 0 saturated carbocycles. The predicted molar refractivity (Wildman–Crippen MR) is 179 cm³/mol. The number of anilines is 1. The number of thiazole rings is 2. The first-order chi connectivity index (χ1) is 22.1. The van der Waals surface area contributed by atoms with Crippen molar-refractivity contribution in [1.29, 1.82) is 0 Å². The summed E-state index contributed by atoms with van der Waals surface area (Å²) in [7, 11) is -2.87. The molecule has 0 unspecified atom stereocenters. The van der Waals surface area contributed by atoms with E-state index in [4.69, 9.17) is 16.8 Å². The molecule has 1 aromatic carbocycles. The Labute approximate surface area is 284 Å².